The highest BCUT2D eigenvalue weighted by atomic mass is 17.4. The lowest BCUT2D eigenvalue weighted by Crippen LogP contribution is -2.65. The van der Waals surface area contributed by atoms with E-state index in [1.807, 2.05) is 6.07 Å². The number of fused-ring (bicyclic) bond motifs is 5. The average molecular weight is 711 g/mol. The maximum Gasteiger partial charge on any atom is 0.305 e. The first kappa shape index (κ1) is 36.8. The first-order valence-electron chi connectivity index (χ1n) is 19.5. The zero-order valence-corrected chi connectivity index (χ0v) is 31.4. The number of rotatable bonds is 7. The van der Waals surface area contributed by atoms with Gasteiger partial charge in [-0.05, 0) is 97.9 Å². The number of benzene rings is 1. The summed E-state index contributed by atoms with van der Waals surface area (Å²) in [6.07, 6.45) is 9.06. The summed E-state index contributed by atoms with van der Waals surface area (Å²) in [5.74, 6) is -1.16. The Hall–Kier alpha value is -2.53. The van der Waals surface area contributed by atoms with Gasteiger partial charge in [0.25, 0.3) is 0 Å². The quantitative estimate of drug-likeness (QED) is 0.157. The summed E-state index contributed by atoms with van der Waals surface area (Å²) in [4.78, 5) is 62.4. The summed E-state index contributed by atoms with van der Waals surface area (Å²) in [6.45, 7) is 9.90. The Morgan fingerprint density at radius 3 is 2.14 bits per heavy atom. The van der Waals surface area contributed by atoms with Crippen LogP contribution < -0.4 is 0 Å². The minimum absolute atomic E-state index is 0.102. The maximum absolute atomic E-state index is 12.7. The molecule has 0 radical (unpaired) electrons. The van der Waals surface area contributed by atoms with Crippen LogP contribution in [0.5, 0.6) is 0 Å². The second kappa shape index (κ2) is 14.0. The summed E-state index contributed by atoms with van der Waals surface area (Å²) in [7, 11) is 1.43. The summed E-state index contributed by atoms with van der Waals surface area (Å²) in [5.41, 5.74) is 0.896. The zero-order valence-electron chi connectivity index (χ0n) is 31.4. The smallest absolute Gasteiger partial charge is 0.305 e. The molecule has 1 aliphatic heterocycles. The van der Waals surface area contributed by atoms with Crippen LogP contribution in [0.25, 0.3) is 0 Å². The molecule has 10 atom stereocenters. The molecule has 51 heavy (non-hydrogen) atoms. The van der Waals surface area contributed by atoms with Gasteiger partial charge in [0, 0.05) is 57.3 Å². The van der Waals surface area contributed by atoms with E-state index in [1.165, 1.54) is 26.5 Å². The number of esters is 3. The van der Waals surface area contributed by atoms with Gasteiger partial charge in [0.15, 0.2) is 0 Å². The van der Waals surface area contributed by atoms with Gasteiger partial charge in [0.05, 0.1) is 7.11 Å². The van der Waals surface area contributed by atoms with Gasteiger partial charge in [0.2, 0.25) is 11.6 Å². The van der Waals surface area contributed by atoms with Gasteiger partial charge in [-0.15, -0.1) is 0 Å². The number of methoxy groups -OCH3 is 1. The van der Waals surface area contributed by atoms with E-state index in [2.05, 4.69) is 45.0 Å². The second-order valence-corrected chi connectivity index (χ2v) is 17.4. The minimum Gasteiger partial charge on any atom is -0.469 e. The van der Waals surface area contributed by atoms with Crippen molar-refractivity contribution in [2.75, 3.05) is 7.11 Å². The van der Waals surface area contributed by atoms with E-state index in [0.29, 0.717) is 50.9 Å². The SMILES string of the molecule is COC(=O)CCC(C)[C@H]1CCC2C3C(C[C@H](OC(C)=O)[C@@]21C)[C@@]1(C)CCC2(C[C@H]1C[C@@H]3OC(C)=O)OOC1(CCC(c3ccccc3)CC1)OO2. The summed E-state index contributed by atoms with van der Waals surface area (Å²) in [6, 6.07) is 10.6. The molecular weight excluding hydrogens is 652 g/mol. The third-order valence-corrected chi connectivity index (χ3v) is 14.9. The van der Waals surface area contributed by atoms with Crippen LogP contribution in [-0.2, 0) is 48.1 Å². The molecule has 6 aliphatic rings. The lowest BCUT2D eigenvalue weighted by Gasteiger charge is -2.65. The summed E-state index contributed by atoms with van der Waals surface area (Å²) < 4.78 is 17.5. The van der Waals surface area contributed by atoms with E-state index in [4.69, 9.17) is 33.8 Å². The molecule has 2 spiro atoms. The maximum atomic E-state index is 12.7. The molecule has 5 aliphatic carbocycles. The highest BCUT2D eigenvalue weighted by Crippen LogP contribution is 2.70. The Balaban J connectivity index is 1.10. The van der Waals surface area contributed by atoms with E-state index >= 15 is 0 Å². The molecular formula is C41H58O10. The van der Waals surface area contributed by atoms with Crippen LogP contribution in [0.3, 0.4) is 0 Å². The second-order valence-electron chi connectivity index (χ2n) is 17.4. The number of hydrogen-bond donors (Lipinski definition) is 0. The van der Waals surface area contributed by atoms with Crippen molar-refractivity contribution in [3.63, 3.8) is 0 Å². The van der Waals surface area contributed by atoms with Crippen LogP contribution in [0.1, 0.15) is 130 Å². The van der Waals surface area contributed by atoms with Crippen molar-refractivity contribution in [2.45, 2.75) is 148 Å². The van der Waals surface area contributed by atoms with Crippen LogP contribution >= 0.6 is 0 Å². The van der Waals surface area contributed by atoms with Crippen LogP contribution in [0.4, 0.5) is 0 Å². The van der Waals surface area contributed by atoms with E-state index < -0.39 is 11.6 Å². The Bertz CT molecular complexity index is 1430. The van der Waals surface area contributed by atoms with Crippen LogP contribution in [0.15, 0.2) is 30.3 Å². The first-order valence-corrected chi connectivity index (χ1v) is 19.5. The molecule has 5 saturated carbocycles. The molecule has 1 heterocycles. The molecule has 0 N–H and O–H groups in total. The fourth-order valence-electron chi connectivity index (χ4n) is 12.2. The van der Waals surface area contributed by atoms with Gasteiger partial charge >= 0.3 is 17.9 Å². The number of carbonyl (C=O) groups is 3. The predicted molar refractivity (Wildman–Crippen MR) is 185 cm³/mol. The van der Waals surface area contributed by atoms with Crippen molar-refractivity contribution in [1.29, 1.82) is 0 Å². The Kier molecular flexibility index (Phi) is 10.1. The fourth-order valence-corrected chi connectivity index (χ4v) is 12.2. The Morgan fingerprint density at radius 1 is 0.824 bits per heavy atom. The average Bonchev–Trinajstić information content (AvgIpc) is 3.48. The molecule has 282 valence electrons. The third kappa shape index (κ3) is 6.65. The lowest BCUT2D eigenvalue weighted by atomic mass is 9.42. The van der Waals surface area contributed by atoms with Gasteiger partial charge in [-0.1, -0.05) is 51.1 Å². The van der Waals surface area contributed by atoms with Gasteiger partial charge in [-0.2, -0.15) is 19.6 Å². The van der Waals surface area contributed by atoms with Crippen molar-refractivity contribution < 1.29 is 48.1 Å². The van der Waals surface area contributed by atoms with E-state index in [0.717, 1.165) is 38.5 Å². The van der Waals surface area contributed by atoms with Crippen LogP contribution in [0, 0.1) is 46.3 Å². The largest absolute Gasteiger partial charge is 0.469 e. The number of hydrogen-bond acceptors (Lipinski definition) is 10. The molecule has 6 fully saturated rings. The van der Waals surface area contributed by atoms with Crippen molar-refractivity contribution in [1.82, 2.24) is 0 Å². The standard InChI is InChI=1S/C41H58O10/c1-25(12-15-36(44)45-6)31-13-14-32-37-33(23-35(39(31,32)5)47-27(3)43)38(4)20-21-41(24-30(38)22-34(37)46-26(2)42)50-48-40(49-51-41)18-16-29(17-19-40)28-10-8-7-9-11-28/h7-11,25,29-35,37H,12-24H2,1-6H3/t25?,29?,30-,31-,32?,33?,34+,35+,37?,38+,39-,40?,41?/m1/s1. The van der Waals surface area contributed by atoms with E-state index in [-0.39, 0.29) is 76.5 Å². The van der Waals surface area contributed by atoms with E-state index in [1.54, 1.807) is 0 Å². The fraction of sp³-hybridized carbons (Fsp3) is 0.780. The monoisotopic (exact) mass is 710 g/mol. The molecule has 1 aromatic rings. The van der Waals surface area contributed by atoms with Crippen LogP contribution in [0.2, 0.25) is 0 Å². The Morgan fingerprint density at radius 2 is 1.49 bits per heavy atom. The summed E-state index contributed by atoms with van der Waals surface area (Å²) in [5, 5.41) is 0. The molecule has 7 rings (SSSR count). The van der Waals surface area contributed by atoms with E-state index in [9.17, 15) is 14.4 Å². The normalized spacial score (nSPS) is 43.7. The molecule has 10 heteroatoms. The van der Waals surface area contributed by atoms with Gasteiger partial charge in [-0.3, -0.25) is 14.4 Å². The molecule has 0 bridgehead atoms. The molecule has 10 nitrogen and oxygen atoms in total. The third-order valence-electron chi connectivity index (χ3n) is 14.9. The number of ether oxygens (including phenoxy) is 3. The minimum atomic E-state index is -1.04. The first-order chi connectivity index (χ1) is 24.3. The highest BCUT2D eigenvalue weighted by Gasteiger charge is 2.69. The van der Waals surface area contributed by atoms with Gasteiger partial charge in [0.1, 0.15) is 12.2 Å². The van der Waals surface area contributed by atoms with Gasteiger partial charge in [-0.25, -0.2) is 0 Å². The van der Waals surface area contributed by atoms with Crippen molar-refractivity contribution in [3.05, 3.63) is 35.9 Å². The molecule has 0 amide bonds. The highest BCUT2D eigenvalue weighted by molar-refractivity contribution is 5.69. The van der Waals surface area contributed by atoms with Crippen molar-refractivity contribution in [3.8, 4) is 0 Å². The number of carbonyl (C=O) groups excluding carboxylic acids is 3. The van der Waals surface area contributed by atoms with Gasteiger partial charge < -0.3 is 14.2 Å². The Labute approximate surface area is 302 Å². The molecule has 1 saturated heterocycles. The predicted octanol–water partition coefficient (Wildman–Crippen LogP) is 7.98. The lowest BCUT2D eigenvalue weighted by molar-refractivity contribution is -0.665. The summed E-state index contributed by atoms with van der Waals surface area (Å²) >= 11 is 0. The molecule has 4 unspecified atom stereocenters. The molecule has 0 aromatic heterocycles. The molecule has 1 aromatic carbocycles. The van der Waals surface area contributed by atoms with Crippen molar-refractivity contribution in [2.24, 2.45) is 46.3 Å². The van der Waals surface area contributed by atoms with Crippen molar-refractivity contribution >= 4 is 17.9 Å². The zero-order chi connectivity index (χ0) is 36.2. The van der Waals surface area contributed by atoms with Crippen LogP contribution in [-0.4, -0.2) is 48.8 Å². The topological polar surface area (TPSA) is 116 Å².